The summed E-state index contributed by atoms with van der Waals surface area (Å²) in [5.41, 5.74) is -1.51. The van der Waals surface area contributed by atoms with E-state index in [-0.39, 0.29) is 36.3 Å². The third-order valence-corrected chi connectivity index (χ3v) is 5.44. The number of carbonyl (C=O) groups is 1. The highest BCUT2D eigenvalue weighted by Gasteiger charge is 2.38. The second kappa shape index (κ2) is 7.12. The third kappa shape index (κ3) is 3.63. The second-order valence-corrected chi connectivity index (χ2v) is 7.53. The summed E-state index contributed by atoms with van der Waals surface area (Å²) in [5, 5.41) is 3.97. The summed E-state index contributed by atoms with van der Waals surface area (Å²) in [7, 11) is 0. The highest BCUT2D eigenvalue weighted by atomic mass is 35.5. The first-order valence-electron chi connectivity index (χ1n) is 8.98. The molecule has 0 aromatic carbocycles. The molecule has 2 aromatic rings. The van der Waals surface area contributed by atoms with Crippen molar-refractivity contribution in [3.63, 3.8) is 0 Å². The molecule has 2 aromatic heterocycles. The van der Waals surface area contributed by atoms with E-state index in [4.69, 9.17) is 11.6 Å². The fourth-order valence-corrected chi connectivity index (χ4v) is 3.79. The molecular formula is C17H16ClF4N5O2. The van der Waals surface area contributed by atoms with Crippen molar-refractivity contribution in [2.24, 2.45) is 0 Å². The van der Waals surface area contributed by atoms with E-state index < -0.39 is 29.6 Å². The lowest BCUT2D eigenvalue weighted by molar-refractivity contribution is -0.142. The first-order chi connectivity index (χ1) is 13.6. The molecule has 0 spiro atoms. The summed E-state index contributed by atoms with van der Waals surface area (Å²) in [4.78, 5) is 30.5. The fraction of sp³-hybridized carbons (Fsp3) is 0.529. The Kier molecular flexibility index (Phi) is 4.88. The molecule has 4 rings (SSSR count). The van der Waals surface area contributed by atoms with E-state index in [0.717, 1.165) is 10.7 Å². The average molecular weight is 434 g/mol. The van der Waals surface area contributed by atoms with Gasteiger partial charge in [-0.2, -0.15) is 18.3 Å². The second-order valence-electron chi connectivity index (χ2n) is 7.13. The molecule has 4 heterocycles. The number of rotatable bonds is 3. The van der Waals surface area contributed by atoms with Gasteiger partial charge in [0.1, 0.15) is 18.0 Å². The Labute approximate surface area is 166 Å². The maximum atomic E-state index is 13.1. The van der Waals surface area contributed by atoms with Crippen molar-refractivity contribution >= 4 is 17.5 Å². The summed E-state index contributed by atoms with van der Waals surface area (Å²) >= 11 is 5.92. The Bertz CT molecular complexity index is 1010. The van der Waals surface area contributed by atoms with Gasteiger partial charge in [-0.3, -0.25) is 14.3 Å². The minimum atomic E-state index is -4.58. The first kappa shape index (κ1) is 19.9. The number of aromatic nitrogens is 4. The predicted octanol–water partition coefficient (Wildman–Crippen LogP) is 2.22. The largest absolute Gasteiger partial charge is 0.417 e. The maximum absolute atomic E-state index is 13.1. The van der Waals surface area contributed by atoms with Crippen LogP contribution in [0.3, 0.4) is 0 Å². The Hall–Kier alpha value is -2.43. The van der Waals surface area contributed by atoms with Crippen LogP contribution >= 0.6 is 11.6 Å². The number of aryl methyl sites for hydroxylation is 1. The molecule has 0 saturated carbocycles. The van der Waals surface area contributed by atoms with Crippen LogP contribution in [0.25, 0.3) is 0 Å². The van der Waals surface area contributed by atoms with E-state index in [9.17, 15) is 27.2 Å². The van der Waals surface area contributed by atoms with Gasteiger partial charge in [0, 0.05) is 12.6 Å². The van der Waals surface area contributed by atoms with Crippen molar-refractivity contribution in [2.75, 3.05) is 13.1 Å². The number of hydrogen-bond acceptors (Lipinski definition) is 4. The van der Waals surface area contributed by atoms with E-state index in [2.05, 4.69) is 10.1 Å². The lowest BCUT2D eigenvalue weighted by atomic mass is 10.0. The third-order valence-electron chi connectivity index (χ3n) is 5.11. The standard InChI is InChI=1S/C17H16ClF4N5O2/c18-11-4-9(17(20,21)22)5-23-12(11)8-26-16(29)27-13(2-1-3-14(27)24-26)15(28)25-6-10(19)7-25/h4-5,10,13H,1-3,6-8H2. The van der Waals surface area contributed by atoms with Crippen LogP contribution in [-0.2, 0) is 23.9 Å². The molecule has 2 aliphatic heterocycles. The predicted molar refractivity (Wildman–Crippen MR) is 93.3 cm³/mol. The number of carbonyl (C=O) groups excluding carboxylic acids is 1. The topological polar surface area (TPSA) is 73.0 Å². The van der Waals surface area contributed by atoms with Crippen LogP contribution in [0.2, 0.25) is 5.02 Å². The van der Waals surface area contributed by atoms with Crippen molar-refractivity contribution in [1.29, 1.82) is 0 Å². The van der Waals surface area contributed by atoms with Gasteiger partial charge in [-0.15, -0.1) is 0 Å². The molecule has 1 fully saturated rings. The lowest BCUT2D eigenvalue weighted by Crippen LogP contribution is -2.54. The Balaban J connectivity index is 1.61. The van der Waals surface area contributed by atoms with Gasteiger partial charge in [0.2, 0.25) is 5.91 Å². The number of alkyl halides is 4. The molecule has 1 saturated heterocycles. The van der Waals surface area contributed by atoms with Crippen LogP contribution in [-0.4, -0.2) is 49.4 Å². The van der Waals surface area contributed by atoms with E-state index in [1.54, 1.807) is 0 Å². The number of likely N-dealkylation sites (tertiary alicyclic amines) is 1. The van der Waals surface area contributed by atoms with Crippen LogP contribution in [0.1, 0.15) is 36.0 Å². The molecule has 0 bridgehead atoms. The highest BCUT2D eigenvalue weighted by molar-refractivity contribution is 6.31. The maximum Gasteiger partial charge on any atom is 0.417 e. The quantitative estimate of drug-likeness (QED) is 0.696. The van der Waals surface area contributed by atoms with Gasteiger partial charge >= 0.3 is 11.9 Å². The van der Waals surface area contributed by atoms with Gasteiger partial charge in [-0.1, -0.05) is 11.6 Å². The van der Waals surface area contributed by atoms with Crippen molar-refractivity contribution in [2.45, 2.75) is 44.2 Å². The van der Waals surface area contributed by atoms with E-state index in [1.165, 1.54) is 9.47 Å². The molecule has 29 heavy (non-hydrogen) atoms. The van der Waals surface area contributed by atoms with Crippen molar-refractivity contribution in [1.82, 2.24) is 24.2 Å². The van der Waals surface area contributed by atoms with Gasteiger partial charge in [-0.25, -0.2) is 13.9 Å². The lowest BCUT2D eigenvalue weighted by Gasteiger charge is -2.37. The van der Waals surface area contributed by atoms with Crippen LogP contribution in [0.15, 0.2) is 17.1 Å². The molecule has 7 nitrogen and oxygen atoms in total. The number of hydrogen-bond donors (Lipinski definition) is 0. The molecular weight excluding hydrogens is 418 g/mol. The number of amides is 1. The molecule has 1 amide bonds. The Morgan fingerprint density at radius 3 is 2.66 bits per heavy atom. The van der Waals surface area contributed by atoms with Gasteiger partial charge in [-0.05, 0) is 18.9 Å². The van der Waals surface area contributed by atoms with Gasteiger partial charge < -0.3 is 4.90 Å². The van der Waals surface area contributed by atoms with Gasteiger partial charge in [0.25, 0.3) is 0 Å². The van der Waals surface area contributed by atoms with Gasteiger partial charge in [0.15, 0.2) is 0 Å². The zero-order chi connectivity index (χ0) is 20.9. The smallest absolute Gasteiger partial charge is 0.335 e. The summed E-state index contributed by atoms with van der Waals surface area (Å²) in [6.45, 7) is -0.204. The number of fused-ring (bicyclic) bond motifs is 1. The molecule has 0 radical (unpaired) electrons. The number of nitrogens with zero attached hydrogens (tertiary/aromatic N) is 5. The molecule has 0 N–H and O–H groups in total. The molecule has 2 aliphatic rings. The fourth-order valence-electron chi connectivity index (χ4n) is 3.56. The summed E-state index contributed by atoms with van der Waals surface area (Å²) < 4.78 is 53.7. The van der Waals surface area contributed by atoms with Crippen LogP contribution in [0, 0.1) is 0 Å². The molecule has 0 aliphatic carbocycles. The monoisotopic (exact) mass is 433 g/mol. The normalized spacial score (nSPS) is 19.8. The van der Waals surface area contributed by atoms with Crippen LogP contribution in [0.5, 0.6) is 0 Å². The molecule has 1 atom stereocenters. The minimum Gasteiger partial charge on any atom is -0.335 e. The SMILES string of the molecule is O=C(C1CCCc2nn(Cc3ncc(C(F)(F)F)cc3Cl)c(=O)n21)N1CC(F)C1. The summed E-state index contributed by atoms with van der Waals surface area (Å²) in [6.07, 6.45) is -3.43. The first-order valence-corrected chi connectivity index (χ1v) is 9.35. The van der Waals surface area contributed by atoms with Crippen molar-refractivity contribution in [3.05, 3.63) is 44.9 Å². The van der Waals surface area contributed by atoms with Crippen molar-refractivity contribution < 1.29 is 22.4 Å². The molecule has 1 unspecified atom stereocenters. The summed E-state index contributed by atoms with van der Waals surface area (Å²) in [5.74, 6) is 0.0761. The number of halogens is 5. The van der Waals surface area contributed by atoms with E-state index in [1.807, 2.05) is 0 Å². The van der Waals surface area contributed by atoms with Crippen LogP contribution in [0.4, 0.5) is 17.6 Å². The molecule has 12 heteroatoms. The average Bonchev–Trinajstić information content (AvgIpc) is 2.95. The highest BCUT2D eigenvalue weighted by Crippen LogP contribution is 2.31. The van der Waals surface area contributed by atoms with Gasteiger partial charge in [0.05, 0.1) is 35.9 Å². The Morgan fingerprint density at radius 1 is 1.31 bits per heavy atom. The van der Waals surface area contributed by atoms with Crippen LogP contribution < -0.4 is 5.69 Å². The zero-order valence-electron chi connectivity index (χ0n) is 15.0. The summed E-state index contributed by atoms with van der Waals surface area (Å²) in [6, 6.07) is -0.0161. The minimum absolute atomic E-state index is 0.0125. The Morgan fingerprint density at radius 2 is 2.03 bits per heavy atom. The zero-order valence-corrected chi connectivity index (χ0v) is 15.8. The van der Waals surface area contributed by atoms with E-state index in [0.29, 0.717) is 31.3 Å². The number of pyridine rings is 1. The van der Waals surface area contributed by atoms with E-state index >= 15 is 0 Å². The van der Waals surface area contributed by atoms with Crippen molar-refractivity contribution in [3.8, 4) is 0 Å². The molecule has 156 valence electrons.